The standard InChI is InChI=1S/C54H34N2O/c1-3-10-35(11-4-1)37-18-24-41(25-19-37)55(42-26-20-38(21-27-42)36-12-5-2-6-13-36)43-28-30-46-45-29-22-40(33-52(45)57-53(46)34-43)39-23-31-51-49(32-39)48-16-9-15-47-44-14-7-8-17-50(44)56(51)54(47)48/h1-34H. The smallest absolute Gasteiger partial charge is 0.137 e. The van der Waals surface area contributed by atoms with Gasteiger partial charge in [-0.3, -0.25) is 0 Å². The lowest BCUT2D eigenvalue weighted by Crippen LogP contribution is -2.09. The van der Waals surface area contributed by atoms with Crippen LogP contribution in [0.1, 0.15) is 0 Å². The lowest BCUT2D eigenvalue weighted by atomic mass is 10.0. The second-order valence-corrected chi connectivity index (χ2v) is 14.9. The molecule has 0 saturated heterocycles. The van der Waals surface area contributed by atoms with Crippen molar-refractivity contribution in [3.8, 4) is 33.4 Å². The monoisotopic (exact) mass is 726 g/mol. The summed E-state index contributed by atoms with van der Waals surface area (Å²) in [6, 6.07) is 74.2. The van der Waals surface area contributed by atoms with Crippen LogP contribution in [0, 0.1) is 0 Å². The Morgan fingerprint density at radius 3 is 1.46 bits per heavy atom. The largest absolute Gasteiger partial charge is 0.456 e. The number of hydrogen-bond acceptors (Lipinski definition) is 2. The molecule has 3 aromatic heterocycles. The maximum atomic E-state index is 6.73. The van der Waals surface area contributed by atoms with Crippen molar-refractivity contribution in [1.29, 1.82) is 0 Å². The van der Waals surface area contributed by atoms with E-state index in [9.17, 15) is 0 Å². The first kappa shape index (κ1) is 31.7. The number of anilines is 3. The summed E-state index contributed by atoms with van der Waals surface area (Å²) >= 11 is 0. The van der Waals surface area contributed by atoms with Gasteiger partial charge in [-0.05, 0) is 100 Å². The number of furan rings is 1. The van der Waals surface area contributed by atoms with E-state index in [4.69, 9.17) is 4.42 Å². The molecule has 0 spiro atoms. The Morgan fingerprint density at radius 2 is 0.772 bits per heavy atom. The molecule has 0 aliphatic carbocycles. The minimum absolute atomic E-state index is 0.860. The quantitative estimate of drug-likeness (QED) is 0.170. The molecule has 0 amide bonds. The molecule has 0 atom stereocenters. The van der Waals surface area contributed by atoms with E-state index in [1.807, 2.05) is 0 Å². The van der Waals surface area contributed by atoms with E-state index in [1.54, 1.807) is 0 Å². The number of aromatic nitrogens is 1. The highest BCUT2D eigenvalue weighted by atomic mass is 16.3. The molecular formula is C54H34N2O. The van der Waals surface area contributed by atoms with E-state index in [1.165, 1.54) is 65.9 Å². The van der Waals surface area contributed by atoms with Crippen molar-refractivity contribution < 1.29 is 4.42 Å². The van der Waals surface area contributed by atoms with E-state index in [2.05, 4.69) is 216 Å². The fraction of sp³-hybridized carbons (Fsp3) is 0. The van der Waals surface area contributed by atoms with Gasteiger partial charge in [-0.15, -0.1) is 0 Å². The number of nitrogens with zero attached hydrogens (tertiary/aromatic N) is 2. The molecule has 57 heavy (non-hydrogen) atoms. The van der Waals surface area contributed by atoms with Gasteiger partial charge in [0.2, 0.25) is 0 Å². The normalized spacial score (nSPS) is 11.9. The number of rotatable bonds is 6. The third-order valence-corrected chi connectivity index (χ3v) is 11.7. The molecule has 266 valence electrons. The van der Waals surface area contributed by atoms with Gasteiger partial charge in [0.25, 0.3) is 0 Å². The molecule has 0 bridgehead atoms. The molecule has 12 rings (SSSR count). The number of benzene rings is 9. The molecule has 0 N–H and O–H groups in total. The molecule has 0 unspecified atom stereocenters. The fourth-order valence-corrected chi connectivity index (χ4v) is 9.01. The van der Waals surface area contributed by atoms with Crippen LogP contribution >= 0.6 is 0 Å². The van der Waals surface area contributed by atoms with Gasteiger partial charge in [0.15, 0.2) is 0 Å². The Bertz CT molecular complexity index is 3350. The zero-order valence-corrected chi connectivity index (χ0v) is 30.9. The number of para-hydroxylation sites is 2. The number of fused-ring (bicyclic) bond motifs is 9. The summed E-state index contributed by atoms with van der Waals surface area (Å²) in [4.78, 5) is 2.31. The van der Waals surface area contributed by atoms with E-state index < -0.39 is 0 Å². The van der Waals surface area contributed by atoms with Crippen LogP contribution in [-0.2, 0) is 0 Å². The van der Waals surface area contributed by atoms with Gasteiger partial charge >= 0.3 is 0 Å². The van der Waals surface area contributed by atoms with Crippen molar-refractivity contribution in [3.05, 3.63) is 206 Å². The van der Waals surface area contributed by atoms with Gasteiger partial charge in [0.1, 0.15) is 11.2 Å². The van der Waals surface area contributed by atoms with E-state index >= 15 is 0 Å². The van der Waals surface area contributed by atoms with Crippen LogP contribution < -0.4 is 4.90 Å². The molecule has 0 fully saturated rings. The van der Waals surface area contributed by atoms with Gasteiger partial charge < -0.3 is 13.7 Å². The predicted molar refractivity (Wildman–Crippen MR) is 239 cm³/mol. The number of hydrogen-bond donors (Lipinski definition) is 0. The second-order valence-electron chi connectivity index (χ2n) is 14.9. The Morgan fingerprint density at radius 1 is 0.298 bits per heavy atom. The lowest BCUT2D eigenvalue weighted by molar-refractivity contribution is 0.669. The van der Waals surface area contributed by atoms with Crippen LogP contribution in [-0.4, -0.2) is 4.40 Å². The molecule has 0 saturated carbocycles. The van der Waals surface area contributed by atoms with Crippen LogP contribution in [0.25, 0.3) is 93.4 Å². The average Bonchev–Trinajstić information content (AvgIpc) is 3.94. The summed E-state index contributed by atoms with van der Waals surface area (Å²) in [7, 11) is 0. The van der Waals surface area contributed by atoms with Crippen molar-refractivity contribution in [1.82, 2.24) is 4.40 Å². The predicted octanol–water partition coefficient (Wildman–Crippen LogP) is 15.2. The van der Waals surface area contributed by atoms with Crippen molar-refractivity contribution >= 4 is 77.1 Å². The lowest BCUT2D eigenvalue weighted by Gasteiger charge is -2.26. The topological polar surface area (TPSA) is 20.8 Å². The van der Waals surface area contributed by atoms with Crippen LogP contribution in [0.15, 0.2) is 211 Å². The molecule has 3 heteroatoms. The van der Waals surface area contributed by atoms with Crippen LogP contribution in [0.3, 0.4) is 0 Å². The summed E-state index contributed by atoms with van der Waals surface area (Å²) in [5.74, 6) is 0. The van der Waals surface area contributed by atoms with Gasteiger partial charge in [-0.2, -0.15) is 0 Å². The van der Waals surface area contributed by atoms with Crippen LogP contribution in [0.5, 0.6) is 0 Å². The average molecular weight is 727 g/mol. The van der Waals surface area contributed by atoms with Gasteiger partial charge in [-0.25, -0.2) is 0 Å². The van der Waals surface area contributed by atoms with Gasteiger partial charge in [0.05, 0.1) is 16.6 Å². The highest BCUT2D eigenvalue weighted by Crippen LogP contribution is 2.43. The highest BCUT2D eigenvalue weighted by Gasteiger charge is 2.19. The summed E-state index contributed by atoms with van der Waals surface area (Å²) < 4.78 is 9.15. The molecule has 3 nitrogen and oxygen atoms in total. The van der Waals surface area contributed by atoms with Crippen LogP contribution in [0.2, 0.25) is 0 Å². The highest BCUT2D eigenvalue weighted by molar-refractivity contribution is 6.23. The first-order valence-electron chi connectivity index (χ1n) is 19.5. The zero-order chi connectivity index (χ0) is 37.5. The maximum absolute atomic E-state index is 6.73. The summed E-state index contributed by atoms with van der Waals surface area (Å²) in [5.41, 5.74) is 15.8. The minimum Gasteiger partial charge on any atom is -0.456 e. The third kappa shape index (κ3) is 4.99. The Kier molecular flexibility index (Phi) is 6.93. The second kappa shape index (κ2) is 12.5. The molecule has 0 aliphatic heterocycles. The minimum atomic E-state index is 0.860. The maximum Gasteiger partial charge on any atom is 0.137 e. The molecule has 3 heterocycles. The zero-order valence-electron chi connectivity index (χ0n) is 30.9. The van der Waals surface area contributed by atoms with Gasteiger partial charge in [0, 0.05) is 55.4 Å². The molecule has 12 aromatic rings. The van der Waals surface area contributed by atoms with Crippen LogP contribution in [0.4, 0.5) is 17.1 Å². The SMILES string of the molecule is c1ccc(-c2ccc(N(c3ccc(-c4ccccc4)cc3)c3ccc4c(c3)oc3cc(-c5ccc6c(c5)c5cccc7c8ccccc8n6c75)ccc34)cc2)cc1. The summed E-state index contributed by atoms with van der Waals surface area (Å²) in [6.07, 6.45) is 0. The van der Waals surface area contributed by atoms with Crippen molar-refractivity contribution in [2.75, 3.05) is 4.90 Å². The Balaban J connectivity index is 0.949. The summed E-state index contributed by atoms with van der Waals surface area (Å²) in [5, 5.41) is 7.36. The van der Waals surface area contributed by atoms with Crippen molar-refractivity contribution in [3.63, 3.8) is 0 Å². The fourth-order valence-electron chi connectivity index (χ4n) is 9.01. The van der Waals surface area contributed by atoms with Crippen molar-refractivity contribution in [2.45, 2.75) is 0 Å². The third-order valence-electron chi connectivity index (χ3n) is 11.7. The van der Waals surface area contributed by atoms with E-state index in [-0.39, 0.29) is 0 Å². The molecule has 0 radical (unpaired) electrons. The molecule has 9 aromatic carbocycles. The first-order valence-corrected chi connectivity index (χ1v) is 19.5. The first-order chi connectivity index (χ1) is 28.2. The Hall–Kier alpha value is -7.62. The van der Waals surface area contributed by atoms with Crippen molar-refractivity contribution in [2.24, 2.45) is 0 Å². The molecular weight excluding hydrogens is 693 g/mol. The molecule has 0 aliphatic rings. The van der Waals surface area contributed by atoms with Gasteiger partial charge in [-0.1, -0.05) is 133 Å². The summed E-state index contributed by atoms with van der Waals surface area (Å²) in [6.45, 7) is 0. The van der Waals surface area contributed by atoms with E-state index in [0.29, 0.717) is 0 Å². The van der Waals surface area contributed by atoms with E-state index in [0.717, 1.165) is 44.6 Å². The Labute approximate surface area is 329 Å².